The van der Waals surface area contributed by atoms with Crippen molar-refractivity contribution in [2.24, 2.45) is 0 Å². The SMILES string of the molecule is C=CC(=O)OC(C)C(F)(OC(F)(F)C(F)(F)C(F)(F)F)C(F)(F)F. The van der Waals surface area contributed by atoms with E-state index in [0.29, 0.717) is 0 Å². The first-order valence-electron chi connectivity index (χ1n) is 5.44. The molecule has 0 aromatic heterocycles. The van der Waals surface area contributed by atoms with Crippen LogP contribution in [-0.2, 0) is 14.3 Å². The lowest BCUT2D eigenvalue weighted by molar-refractivity contribution is -0.491. The Hall–Kier alpha value is -1.60. The van der Waals surface area contributed by atoms with Gasteiger partial charge in [0.2, 0.25) is 0 Å². The summed E-state index contributed by atoms with van der Waals surface area (Å²) in [5.74, 6) is -14.9. The number of hydrogen-bond donors (Lipinski definition) is 0. The molecule has 0 radical (unpaired) electrons. The molecule has 0 spiro atoms. The Morgan fingerprint density at radius 1 is 0.917 bits per heavy atom. The Balaban J connectivity index is 5.90. The number of halogens is 11. The van der Waals surface area contributed by atoms with Crippen LogP contribution in [0.15, 0.2) is 12.7 Å². The van der Waals surface area contributed by atoms with E-state index in [0.717, 1.165) is 0 Å². The Morgan fingerprint density at radius 2 is 1.33 bits per heavy atom. The maximum Gasteiger partial charge on any atom is 0.462 e. The van der Waals surface area contributed by atoms with Crippen LogP contribution in [0.5, 0.6) is 0 Å². The average molecular weight is 384 g/mol. The van der Waals surface area contributed by atoms with Crippen molar-refractivity contribution in [2.45, 2.75) is 43.3 Å². The lowest BCUT2D eigenvalue weighted by Gasteiger charge is -2.37. The number of hydrogen-bond acceptors (Lipinski definition) is 3. The number of esters is 1. The van der Waals surface area contributed by atoms with Gasteiger partial charge in [-0.2, -0.15) is 48.3 Å². The fourth-order valence-corrected chi connectivity index (χ4v) is 1.09. The summed E-state index contributed by atoms with van der Waals surface area (Å²) >= 11 is 0. The van der Waals surface area contributed by atoms with E-state index in [1.165, 1.54) is 0 Å². The van der Waals surface area contributed by atoms with Crippen LogP contribution in [-0.4, -0.2) is 42.3 Å². The van der Waals surface area contributed by atoms with Gasteiger partial charge in [-0.1, -0.05) is 6.58 Å². The molecule has 0 aliphatic rings. The third-order valence-electron chi connectivity index (χ3n) is 2.37. The Morgan fingerprint density at radius 3 is 1.62 bits per heavy atom. The molecule has 0 aliphatic carbocycles. The van der Waals surface area contributed by atoms with Gasteiger partial charge in [0.1, 0.15) is 0 Å². The van der Waals surface area contributed by atoms with Gasteiger partial charge in [0.25, 0.3) is 0 Å². The zero-order chi connectivity index (χ0) is 19.8. The fourth-order valence-electron chi connectivity index (χ4n) is 1.09. The molecule has 0 aromatic carbocycles. The molecule has 0 N–H and O–H groups in total. The molecule has 0 aliphatic heterocycles. The van der Waals surface area contributed by atoms with Gasteiger partial charge in [-0.05, 0) is 6.92 Å². The molecule has 0 fully saturated rings. The Kier molecular flexibility index (Phi) is 5.94. The summed E-state index contributed by atoms with van der Waals surface area (Å²) in [6.45, 7) is 2.61. The van der Waals surface area contributed by atoms with Gasteiger partial charge < -0.3 is 4.74 Å². The predicted octanol–water partition coefficient (Wildman–Crippen LogP) is 4.14. The van der Waals surface area contributed by atoms with Gasteiger partial charge in [-0.15, -0.1) is 0 Å². The largest absolute Gasteiger partial charge is 0.462 e. The number of carbonyl (C=O) groups excluding carboxylic acids is 1. The Labute approximate surface area is 126 Å². The van der Waals surface area contributed by atoms with Crippen molar-refractivity contribution in [3.8, 4) is 0 Å². The number of alkyl halides is 11. The minimum Gasteiger partial charge on any atom is -0.453 e. The quantitative estimate of drug-likeness (QED) is 0.392. The lowest BCUT2D eigenvalue weighted by atomic mass is 10.1. The van der Waals surface area contributed by atoms with Gasteiger partial charge in [0.15, 0.2) is 6.10 Å². The summed E-state index contributed by atoms with van der Waals surface area (Å²) in [7, 11) is 0. The summed E-state index contributed by atoms with van der Waals surface area (Å²) in [4.78, 5) is 10.7. The Bertz CT molecular complexity index is 481. The monoisotopic (exact) mass is 384 g/mol. The van der Waals surface area contributed by atoms with E-state index in [4.69, 9.17) is 0 Å². The van der Waals surface area contributed by atoms with Gasteiger partial charge >= 0.3 is 36.2 Å². The maximum absolute atomic E-state index is 13.8. The van der Waals surface area contributed by atoms with Crippen molar-refractivity contribution in [2.75, 3.05) is 0 Å². The molecule has 0 rings (SSSR count). The predicted molar refractivity (Wildman–Crippen MR) is 52.7 cm³/mol. The molecule has 24 heavy (non-hydrogen) atoms. The topological polar surface area (TPSA) is 35.5 Å². The number of rotatable bonds is 6. The van der Waals surface area contributed by atoms with Crippen LogP contribution in [0, 0.1) is 0 Å². The van der Waals surface area contributed by atoms with Crippen LogP contribution >= 0.6 is 0 Å². The zero-order valence-electron chi connectivity index (χ0n) is 11.2. The third-order valence-corrected chi connectivity index (χ3v) is 2.37. The molecule has 0 aromatic rings. The van der Waals surface area contributed by atoms with Crippen molar-refractivity contribution < 1.29 is 62.6 Å². The summed E-state index contributed by atoms with van der Waals surface area (Å²) < 4.78 is 144. The highest BCUT2D eigenvalue weighted by Gasteiger charge is 2.79. The molecule has 142 valence electrons. The van der Waals surface area contributed by atoms with Gasteiger partial charge in [0.05, 0.1) is 0 Å². The normalized spacial score (nSPS) is 17.8. The molecule has 2 atom stereocenters. The zero-order valence-corrected chi connectivity index (χ0v) is 11.2. The first-order valence-corrected chi connectivity index (χ1v) is 5.44. The molecule has 0 heterocycles. The molecule has 0 amide bonds. The number of ether oxygens (including phenoxy) is 2. The lowest BCUT2D eigenvalue weighted by Crippen LogP contribution is -2.62. The van der Waals surface area contributed by atoms with Crippen LogP contribution in [0.3, 0.4) is 0 Å². The van der Waals surface area contributed by atoms with Gasteiger partial charge in [-0.3, -0.25) is 4.74 Å². The second kappa shape index (κ2) is 6.37. The summed E-state index contributed by atoms with van der Waals surface area (Å²) in [5.41, 5.74) is 0. The van der Waals surface area contributed by atoms with Crippen molar-refractivity contribution in [3.63, 3.8) is 0 Å². The molecule has 0 bridgehead atoms. The highest BCUT2D eigenvalue weighted by atomic mass is 19.4. The fraction of sp³-hybridized carbons (Fsp3) is 0.700. The molecule has 0 saturated heterocycles. The van der Waals surface area contributed by atoms with Crippen LogP contribution < -0.4 is 0 Å². The molecule has 0 saturated carbocycles. The number of carbonyl (C=O) groups is 1. The molecule has 3 nitrogen and oxygen atoms in total. The second-order valence-electron chi connectivity index (χ2n) is 4.12. The summed E-state index contributed by atoms with van der Waals surface area (Å²) in [5, 5.41) is 0. The van der Waals surface area contributed by atoms with E-state index in [2.05, 4.69) is 16.1 Å². The van der Waals surface area contributed by atoms with Crippen molar-refractivity contribution in [3.05, 3.63) is 12.7 Å². The van der Waals surface area contributed by atoms with Crippen LogP contribution in [0.2, 0.25) is 0 Å². The van der Waals surface area contributed by atoms with E-state index >= 15 is 0 Å². The molecule has 2 unspecified atom stereocenters. The van der Waals surface area contributed by atoms with E-state index in [1.54, 1.807) is 0 Å². The minimum atomic E-state index is -7.18. The standard InChI is InChI=1S/C10H7F11O3/c1-3-5(22)23-4(2)6(11,8(14,15)16)24-10(20,21)7(12,13)9(17,18)19/h3-4H,1H2,2H3. The molecular weight excluding hydrogens is 377 g/mol. The van der Waals surface area contributed by atoms with E-state index < -0.39 is 42.3 Å². The van der Waals surface area contributed by atoms with E-state index in [-0.39, 0.29) is 13.0 Å². The second-order valence-corrected chi connectivity index (χ2v) is 4.12. The highest BCUT2D eigenvalue weighted by Crippen LogP contribution is 2.51. The van der Waals surface area contributed by atoms with Gasteiger partial charge in [-0.25, -0.2) is 4.79 Å². The average Bonchev–Trinajstić information content (AvgIpc) is 2.34. The molecular formula is C10H7F11O3. The van der Waals surface area contributed by atoms with Crippen LogP contribution in [0.25, 0.3) is 0 Å². The van der Waals surface area contributed by atoms with E-state index in [1.807, 2.05) is 0 Å². The first-order chi connectivity index (χ1) is 10.3. The summed E-state index contributed by atoms with van der Waals surface area (Å²) in [6, 6.07) is 0. The van der Waals surface area contributed by atoms with Gasteiger partial charge in [0, 0.05) is 6.08 Å². The van der Waals surface area contributed by atoms with Crippen LogP contribution in [0.4, 0.5) is 48.3 Å². The smallest absolute Gasteiger partial charge is 0.453 e. The minimum absolute atomic E-state index is 0.0588. The third kappa shape index (κ3) is 4.08. The van der Waals surface area contributed by atoms with Crippen molar-refractivity contribution >= 4 is 5.97 Å². The first kappa shape index (κ1) is 22.4. The van der Waals surface area contributed by atoms with Crippen molar-refractivity contribution in [1.29, 1.82) is 0 Å². The maximum atomic E-state index is 13.8. The van der Waals surface area contributed by atoms with Crippen LogP contribution in [0.1, 0.15) is 6.92 Å². The summed E-state index contributed by atoms with van der Waals surface area (Å²) in [6.07, 6.45) is -23.8. The highest BCUT2D eigenvalue weighted by molar-refractivity contribution is 5.81. The molecule has 14 heteroatoms. The van der Waals surface area contributed by atoms with Crippen molar-refractivity contribution in [1.82, 2.24) is 0 Å². The van der Waals surface area contributed by atoms with E-state index in [9.17, 15) is 53.1 Å².